The number of nitrogens with zero attached hydrogens (tertiary/aromatic N) is 2. The molecule has 1 unspecified atom stereocenters. The zero-order valence-corrected chi connectivity index (χ0v) is 10.0. The minimum atomic E-state index is -0.451. The van der Waals surface area contributed by atoms with Crippen LogP contribution in [-0.2, 0) is 16.1 Å². The lowest BCUT2D eigenvalue weighted by atomic mass is 10.1. The Morgan fingerprint density at radius 1 is 1.50 bits per heavy atom. The highest BCUT2D eigenvalue weighted by atomic mass is 16.2. The van der Waals surface area contributed by atoms with Gasteiger partial charge in [-0.25, -0.2) is 0 Å². The van der Waals surface area contributed by atoms with Gasteiger partial charge in [0.1, 0.15) is 0 Å². The second-order valence-corrected chi connectivity index (χ2v) is 4.24. The predicted molar refractivity (Wildman–Crippen MR) is 64.2 cm³/mol. The van der Waals surface area contributed by atoms with E-state index < -0.39 is 6.04 Å². The number of carbonyl (C=O) groups excluding carboxylic acids is 2. The van der Waals surface area contributed by atoms with Crippen LogP contribution in [0.15, 0.2) is 24.3 Å². The van der Waals surface area contributed by atoms with Gasteiger partial charge in [-0.15, -0.1) is 0 Å². The van der Waals surface area contributed by atoms with E-state index in [4.69, 9.17) is 5.26 Å². The summed E-state index contributed by atoms with van der Waals surface area (Å²) in [6, 6.07) is 8.76. The van der Waals surface area contributed by atoms with Crippen LogP contribution in [0.5, 0.6) is 0 Å². The standard InChI is InChI=1S/C13H13N3O2/c1-16-12(17)6-11(13(16)18)15-8-10-4-2-3-9(5-10)7-14/h2-5,11,15H,6,8H2,1H3. The Labute approximate surface area is 105 Å². The van der Waals surface area contributed by atoms with Crippen LogP contribution in [0.2, 0.25) is 0 Å². The molecular formula is C13H13N3O2. The molecule has 0 aromatic heterocycles. The minimum Gasteiger partial charge on any atom is -0.301 e. The number of likely N-dealkylation sites (tertiary alicyclic amines) is 1. The van der Waals surface area contributed by atoms with E-state index in [1.165, 1.54) is 7.05 Å². The van der Waals surface area contributed by atoms with Gasteiger partial charge in [0, 0.05) is 13.6 Å². The fourth-order valence-corrected chi connectivity index (χ4v) is 1.91. The van der Waals surface area contributed by atoms with Gasteiger partial charge in [-0.05, 0) is 17.7 Å². The van der Waals surface area contributed by atoms with Gasteiger partial charge < -0.3 is 5.32 Å². The van der Waals surface area contributed by atoms with E-state index in [9.17, 15) is 9.59 Å². The Morgan fingerprint density at radius 3 is 2.89 bits per heavy atom. The van der Waals surface area contributed by atoms with Gasteiger partial charge in [0.2, 0.25) is 11.8 Å². The van der Waals surface area contributed by atoms with E-state index in [0.29, 0.717) is 12.1 Å². The monoisotopic (exact) mass is 243 g/mol. The fraction of sp³-hybridized carbons (Fsp3) is 0.308. The number of amides is 2. The van der Waals surface area contributed by atoms with Crippen molar-refractivity contribution in [3.8, 4) is 6.07 Å². The van der Waals surface area contributed by atoms with Gasteiger partial charge in [0.25, 0.3) is 0 Å². The molecule has 1 aliphatic heterocycles. The van der Waals surface area contributed by atoms with Crippen molar-refractivity contribution in [2.45, 2.75) is 19.0 Å². The quantitative estimate of drug-likeness (QED) is 0.780. The smallest absolute Gasteiger partial charge is 0.246 e. The molecule has 1 N–H and O–H groups in total. The highest BCUT2D eigenvalue weighted by Crippen LogP contribution is 2.12. The Hall–Kier alpha value is -2.19. The summed E-state index contributed by atoms with van der Waals surface area (Å²) < 4.78 is 0. The average molecular weight is 243 g/mol. The number of benzene rings is 1. The van der Waals surface area contributed by atoms with E-state index in [1.807, 2.05) is 6.07 Å². The molecule has 1 aromatic rings. The molecule has 0 spiro atoms. The molecule has 1 saturated heterocycles. The van der Waals surface area contributed by atoms with Crippen LogP contribution in [0.25, 0.3) is 0 Å². The van der Waals surface area contributed by atoms with Crippen molar-refractivity contribution in [2.75, 3.05) is 7.05 Å². The van der Waals surface area contributed by atoms with Gasteiger partial charge in [-0.3, -0.25) is 14.5 Å². The molecule has 18 heavy (non-hydrogen) atoms. The number of hydrogen-bond acceptors (Lipinski definition) is 4. The van der Waals surface area contributed by atoms with Crippen molar-refractivity contribution in [3.05, 3.63) is 35.4 Å². The second-order valence-electron chi connectivity index (χ2n) is 4.24. The first-order valence-corrected chi connectivity index (χ1v) is 5.64. The van der Waals surface area contributed by atoms with Crippen molar-refractivity contribution >= 4 is 11.8 Å². The molecule has 0 saturated carbocycles. The summed E-state index contributed by atoms with van der Waals surface area (Å²) in [5.74, 6) is -0.361. The van der Waals surface area contributed by atoms with Gasteiger partial charge >= 0.3 is 0 Å². The molecule has 0 radical (unpaired) electrons. The second kappa shape index (κ2) is 4.98. The molecule has 1 heterocycles. The summed E-state index contributed by atoms with van der Waals surface area (Å²) in [6.45, 7) is 0.465. The molecule has 1 aromatic carbocycles. The van der Waals surface area contributed by atoms with E-state index >= 15 is 0 Å². The Kier molecular flexibility index (Phi) is 3.40. The number of rotatable bonds is 3. The van der Waals surface area contributed by atoms with Crippen molar-refractivity contribution < 1.29 is 9.59 Å². The topological polar surface area (TPSA) is 73.2 Å². The maximum atomic E-state index is 11.7. The van der Waals surface area contributed by atoms with Gasteiger partial charge in [-0.2, -0.15) is 5.26 Å². The molecule has 0 bridgehead atoms. The SMILES string of the molecule is CN1C(=O)CC(NCc2cccc(C#N)c2)C1=O. The first-order valence-electron chi connectivity index (χ1n) is 5.64. The third-order valence-electron chi connectivity index (χ3n) is 2.99. The first kappa shape index (κ1) is 12.3. The summed E-state index contributed by atoms with van der Waals surface area (Å²) >= 11 is 0. The molecule has 1 fully saturated rings. The summed E-state index contributed by atoms with van der Waals surface area (Å²) in [5, 5.41) is 11.8. The molecule has 92 valence electrons. The highest BCUT2D eigenvalue weighted by Gasteiger charge is 2.35. The van der Waals surface area contributed by atoms with Crippen LogP contribution < -0.4 is 5.32 Å². The van der Waals surface area contributed by atoms with Crippen molar-refractivity contribution in [3.63, 3.8) is 0 Å². The lowest BCUT2D eigenvalue weighted by Gasteiger charge is -2.11. The van der Waals surface area contributed by atoms with E-state index in [-0.39, 0.29) is 18.2 Å². The summed E-state index contributed by atoms with van der Waals surface area (Å²) in [6.07, 6.45) is 0.202. The lowest BCUT2D eigenvalue weighted by molar-refractivity contribution is -0.137. The Morgan fingerprint density at radius 2 is 2.28 bits per heavy atom. The normalized spacial score (nSPS) is 19.1. The number of imide groups is 1. The van der Waals surface area contributed by atoms with Gasteiger partial charge in [0.15, 0.2) is 0 Å². The zero-order valence-electron chi connectivity index (χ0n) is 10.0. The van der Waals surface area contributed by atoms with Crippen molar-refractivity contribution in [2.24, 2.45) is 0 Å². The maximum absolute atomic E-state index is 11.7. The number of hydrogen-bond donors (Lipinski definition) is 1. The number of nitrogens with one attached hydrogen (secondary N) is 1. The summed E-state index contributed by atoms with van der Waals surface area (Å²) in [4.78, 5) is 24.1. The molecule has 1 aliphatic rings. The average Bonchev–Trinajstić information content (AvgIpc) is 2.64. The number of carbonyl (C=O) groups is 2. The highest BCUT2D eigenvalue weighted by molar-refractivity contribution is 6.05. The third kappa shape index (κ3) is 2.39. The molecule has 1 atom stereocenters. The third-order valence-corrected chi connectivity index (χ3v) is 2.99. The van der Waals surface area contributed by atoms with Crippen LogP contribution in [-0.4, -0.2) is 29.8 Å². The largest absolute Gasteiger partial charge is 0.301 e. The van der Waals surface area contributed by atoms with Crippen LogP contribution in [0.3, 0.4) is 0 Å². The first-order chi connectivity index (χ1) is 8.61. The molecule has 2 rings (SSSR count). The van der Waals surface area contributed by atoms with Crippen LogP contribution in [0, 0.1) is 11.3 Å². The molecule has 5 heteroatoms. The molecular weight excluding hydrogens is 230 g/mol. The number of nitriles is 1. The summed E-state index contributed by atoms with van der Waals surface area (Å²) in [5.41, 5.74) is 1.50. The van der Waals surface area contributed by atoms with Crippen LogP contribution in [0.4, 0.5) is 0 Å². The van der Waals surface area contributed by atoms with E-state index in [1.54, 1.807) is 18.2 Å². The lowest BCUT2D eigenvalue weighted by Crippen LogP contribution is -2.36. The fourth-order valence-electron chi connectivity index (χ4n) is 1.91. The van der Waals surface area contributed by atoms with Crippen molar-refractivity contribution in [1.82, 2.24) is 10.2 Å². The van der Waals surface area contributed by atoms with E-state index in [2.05, 4.69) is 11.4 Å². The Bertz CT molecular complexity index is 533. The maximum Gasteiger partial charge on any atom is 0.246 e. The Balaban J connectivity index is 1.98. The molecule has 0 aliphatic carbocycles. The minimum absolute atomic E-state index is 0.164. The zero-order chi connectivity index (χ0) is 13.1. The number of likely N-dealkylation sites (N-methyl/N-ethyl adjacent to an activating group) is 1. The van der Waals surface area contributed by atoms with Gasteiger partial charge in [-0.1, -0.05) is 12.1 Å². The molecule has 5 nitrogen and oxygen atoms in total. The van der Waals surface area contributed by atoms with Crippen molar-refractivity contribution in [1.29, 1.82) is 5.26 Å². The summed E-state index contributed by atoms with van der Waals surface area (Å²) in [7, 11) is 1.49. The van der Waals surface area contributed by atoms with Crippen LogP contribution >= 0.6 is 0 Å². The predicted octanol–water partition coefficient (Wildman–Crippen LogP) is 0.405. The van der Waals surface area contributed by atoms with Crippen LogP contribution in [0.1, 0.15) is 17.5 Å². The van der Waals surface area contributed by atoms with E-state index in [0.717, 1.165) is 10.5 Å². The van der Waals surface area contributed by atoms with Gasteiger partial charge in [0.05, 0.1) is 24.1 Å². The molecule has 2 amide bonds.